The average Bonchev–Trinajstić information content (AvgIpc) is 2.59. The molecule has 2 rings (SSSR count). The van der Waals surface area contributed by atoms with Crippen molar-refractivity contribution in [2.75, 3.05) is 6.26 Å². The Kier molecular flexibility index (Phi) is 5.99. The van der Waals surface area contributed by atoms with Crippen LogP contribution in [0.15, 0.2) is 47.4 Å². The second kappa shape index (κ2) is 7.84. The summed E-state index contributed by atoms with van der Waals surface area (Å²) in [4.78, 5) is 22.9. The summed E-state index contributed by atoms with van der Waals surface area (Å²) in [5.74, 6) is -0.483. The molecule has 7 nitrogen and oxygen atoms in total. The van der Waals surface area contributed by atoms with E-state index < -0.39 is 20.7 Å². The van der Waals surface area contributed by atoms with Crippen LogP contribution in [-0.4, -0.2) is 25.5 Å². The molecule has 1 amide bonds. The second-order valence-electron chi connectivity index (χ2n) is 5.70. The first-order chi connectivity index (χ1) is 12.1. The molecule has 2 aromatic rings. The first kappa shape index (κ1) is 19.9. The van der Waals surface area contributed by atoms with Crippen molar-refractivity contribution >= 4 is 33.0 Å². The summed E-state index contributed by atoms with van der Waals surface area (Å²) >= 11 is 5.75. The maximum Gasteiger partial charge on any atom is 0.288 e. The van der Waals surface area contributed by atoms with Crippen molar-refractivity contribution in [2.24, 2.45) is 0 Å². The number of carbonyl (C=O) groups excluding carboxylic acids is 1. The van der Waals surface area contributed by atoms with E-state index in [1.807, 2.05) is 6.92 Å². The number of nitrogens with one attached hydrogen (secondary N) is 1. The molecule has 0 unspecified atom stereocenters. The van der Waals surface area contributed by atoms with Gasteiger partial charge in [0.05, 0.1) is 15.9 Å². The van der Waals surface area contributed by atoms with Gasteiger partial charge in [-0.3, -0.25) is 14.9 Å². The zero-order valence-corrected chi connectivity index (χ0v) is 15.7. The number of hydrogen-bond donors (Lipinski definition) is 1. The van der Waals surface area contributed by atoms with E-state index in [0.717, 1.165) is 17.9 Å². The van der Waals surface area contributed by atoms with Gasteiger partial charge in [-0.1, -0.05) is 30.7 Å². The van der Waals surface area contributed by atoms with Crippen molar-refractivity contribution in [2.45, 2.75) is 24.3 Å². The third-order valence-electron chi connectivity index (χ3n) is 3.83. The molecular weight excluding hydrogens is 380 g/mol. The molecule has 26 heavy (non-hydrogen) atoms. The maximum atomic E-state index is 12.4. The van der Waals surface area contributed by atoms with Crippen LogP contribution in [0.1, 0.15) is 35.3 Å². The Hall–Kier alpha value is -2.45. The van der Waals surface area contributed by atoms with Crippen molar-refractivity contribution in [1.29, 1.82) is 0 Å². The van der Waals surface area contributed by atoms with E-state index in [0.29, 0.717) is 6.42 Å². The van der Waals surface area contributed by atoms with E-state index in [1.54, 1.807) is 12.1 Å². The predicted octanol–water partition coefficient (Wildman–Crippen LogP) is 3.53. The van der Waals surface area contributed by atoms with E-state index in [1.165, 1.54) is 24.3 Å². The minimum absolute atomic E-state index is 0.0463. The van der Waals surface area contributed by atoms with E-state index in [9.17, 15) is 23.3 Å². The van der Waals surface area contributed by atoms with Crippen LogP contribution in [0, 0.1) is 10.1 Å². The summed E-state index contributed by atoms with van der Waals surface area (Å²) in [5.41, 5.74) is 0.508. The number of halogens is 1. The fraction of sp³-hybridized carbons (Fsp3) is 0.235. The summed E-state index contributed by atoms with van der Waals surface area (Å²) < 4.78 is 23.1. The van der Waals surface area contributed by atoms with Crippen LogP contribution in [0.2, 0.25) is 5.02 Å². The molecule has 2 aromatic carbocycles. The molecular formula is C17H17ClN2O5S. The number of benzene rings is 2. The van der Waals surface area contributed by atoms with Gasteiger partial charge in [-0.15, -0.1) is 0 Å². The Labute approximate surface area is 156 Å². The smallest absolute Gasteiger partial charge is 0.288 e. The highest BCUT2D eigenvalue weighted by atomic mass is 35.5. The highest BCUT2D eigenvalue weighted by Gasteiger charge is 2.19. The van der Waals surface area contributed by atoms with E-state index in [4.69, 9.17) is 11.6 Å². The number of nitrogens with zero attached hydrogens (tertiary/aromatic N) is 1. The van der Waals surface area contributed by atoms with Gasteiger partial charge < -0.3 is 5.32 Å². The zero-order valence-electron chi connectivity index (χ0n) is 14.1. The van der Waals surface area contributed by atoms with E-state index >= 15 is 0 Å². The van der Waals surface area contributed by atoms with Gasteiger partial charge in [-0.25, -0.2) is 8.42 Å². The topological polar surface area (TPSA) is 106 Å². The Bertz CT molecular complexity index is 942. The first-order valence-corrected chi connectivity index (χ1v) is 9.95. The molecule has 0 saturated carbocycles. The molecule has 138 valence electrons. The van der Waals surface area contributed by atoms with Gasteiger partial charge in [0.15, 0.2) is 9.84 Å². The molecule has 0 aliphatic carbocycles. The monoisotopic (exact) mass is 396 g/mol. The minimum atomic E-state index is -3.30. The third-order valence-corrected chi connectivity index (χ3v) is 5.28. The lowest BCUT2D eigenvalue weighted by Crippen LogP contribution is -2.28. The van der Waals surface area contributed by atoms with Gasteiger partial charge >= 0.3 is 0 Å². The van der Waals surface area contributed by atoms with Crippen LogP contribution >= 0.6 is 11.6 Å². The van der Waals surface area contributed by atoms with E-state index in [2.05, 4.69) is 5.32 Å². The van der Waals surface area contributed by atoms with E-state index in [-0.39, 0.29) is 27.2 Å². The molecule has 1 atom stereocenters. The molecule has 0 radical (unpaired) electrons. The molecule has 0 heterocycles. The Morgan fingerprint density at radius 2 is 1.85 bits per heavy atom. The molecule has 0 saturated heterocycles. The number of amides is 1. The maximum absolute atomic E-state index is 12.4. The van der Waals surface area contributed by atoms with Gasteiger partial charge in [0, 0.05) is 17.9 Å². The number of nitro benzene ring substituents is 1. The summed E-state index contributed by atoms with van der Waals surface area (Å²) in [6, 6.07) is 9.69. The Balaban J connectivity index is 2.23. The molecule has 1 N–H and O–H groups in total. The highest BCUT2D eigenvalue weighted by Crippen LogP contribution is 2.26. The van der Waals surface area contributed by atoms with Crippen molar-refractivity contribution in [3.63, 3.8) is 0 Å². The lowest BCUT2D eigenvalue weighted by molar-refractivity contribution is -0.384. The summed E-state index contributed by atoms with van der Waals surface area (Å²) in [7, 11) is -3.30. The number of sulfone groups is 1. The summed E-state index contributed by atoms with van der Waals surface area (Å²) in [5, 5.41) is 13.7. The SMILES string of the molecule is CC[C@H](NC(=O)c1ccc(Cl)c([N+](=O)[O-])c1)c1ccc(S(C)(=O)=O)cc1. The molecule has 0 bridgehead atoms. The molecule has 0 aliphatic heterocycles. The Morgan fingerprint density at radius 3 is 2.35 bits per heavy atom. The van der Waals surface area contributed by atoms with Crippen LogP contribution in [0.3, 0.4) is 0 Å². The van der Waals surface area contributed by atoms with Gasteiger partial charge in [0.2, 0.25) is 0 Å². The quantitative estimate of drug-likeness (QED) is 0.593. The molecule has 0 spiro atoms. The number of hydrogen-bond acceptors (Lipinski definition) is 5. The lowest BCUT2D eigenvalue weighted by atomic mass is 10.0. The van der Waals surface area contributed by atoms with Crippen molar-refractivity contribution < 1.29 is 18.1 Å². The minimum Gasteiger partial charge on any atom is -0.345 e. The standard InChI is InChI=1S/C17H17ClN2O5S/c1-3-15(11-4-7-13(8-5-11)26(2,24)25)19-17(21)12-6-9-14(18)16(10-12)20(22)23/h4-10,15H,3H2,1-2H3,(H,19,21)/t15-/m0/s1. The molecule has 0 aliphatic rings. The third kappa shape index (κ3) is 4.59. The average molecular weight is 397 g/mol. The Morgan fingerprint density at radius 1 is 1.23 bits per heavy atom. The predicted molar refractivity (Wildman–Crippen MR) is 98.2 cm³/mol. The van der Waals surface area contributed by atoms with Crippen molar-refractivity contribution in [3.8, 4) is 0 Å². The number of nitro groups is 1. The fourth-order valence-electron chi connectivity index (χ4n) is 2.40. The first-order valence-electron chi connectivity index (χ1n) is 7.68. The number of rotatable bonds is 6. The molecule has 9 heteroatoms. The normalized spacial score (nSPS) is 12.4. The van der Waals surface area contributed by atoms with Gasteiger partial charge in [-0.05, 0) is 36.2 Å². The fourth-order valence-corrected chi connectivity index (χ4v) is 3.22. The van der Waals surface area contributed by atoms with Gasteiger partial charge in [0.1, 0.15) is 5.02 Å². The van der Waals surface area contributed by atoms with Crippen LogP contribution in [0.5, 0.6) is 0 Å². The van der Waals surface area contributed by atoms with Crippen molar-refractivity contribution in [1.82, 2.24) is 5.32 Å². The van der Waals surface area contributed by atoms with Crippen LogP contribution in [-0.2, 0) is 9.84 Å². The largest absolute Gasteiger partial charge is 0.345 e. The molecule has 0 aromatic heterocycles. The zero-order chi connectivity index (χ0) is 19.5. The second-order valence-corrected chi connectivity index (χ2v) is 8.12. The van der Waals surface area contributed by atoms with Crippen LogP contribution in [0.4, 0.5) is 5.69 Å². The highest BCUT2D eigenvalue weighted by molar-refractivity contribution is 7.90. The summed E-state index contributed by atoms with van der Waals surface area (Å²) in [6.07, 6.45) is 1.67. The molecule has 0 fully saturated rings. The van der Waals surface area contributed by atoms with Crippen molar-refractivity contribution in [3.05, 3.63) is 68.7 Å². The van der Waals surface area contributed by atoms with Gasteiger partial charge in [0.25, 0.3) is 11.6 Å². The summed E-state index contributed by atoms with van der Waals surface area (Å²) in [6.45, 7) is 1.86. The van der Waals surface area contributed by atoms with Crippen LogP contribution in [0.25, 0.3) is 0 Å². The van der Waals surface area contributed by atoms with Gasteiger partial charge in [-0.2, -0.15) is 0 Å². The lowest BCUT2D eigenvalue weighted by Gasteiger charge is -2.18. The van der Waals surface area contributed by atoms with Crippen LogP contribution < -0.4 is 5.32 Å². The number of carbonyl (C=O) groups is 1.